The minimum atomic E-state index is -3.47. The molecule has 29 heavy (non-hydrogen) atoms. The number of amides is 1. The van der Waals surface area contributed by atoms with Crippen LogP contribution in [0.4, 0.5) is 11.4 Å². The van der Waals surface area contributed by atoms with Crippen LogP contribution in [0.2, 0.25) is 0 Å². The molecule has 0 aromatic heterocycles. The number of carbonyl (C=O) groups excluding carboxylic acids is 2. The second-order valence-corrected chi connectivity index (χ2v) is 8.81. The first-order chi connectivity index (χ1) is 13.6. The Morgan fingerprint density at radius 1 is 1.03 bits per heavy atom. The number of nitrogens with zero attached hydrogens (tertiary/aromatic N) is 1. The number of benzene rings is 2. The first-order valence-corrected chi connectivity index (χ1v) is 11.0. The first kappa shape index (κ1) is 22.4. The van der Waals surface area contributed by atoms with E-state index in [2.05, 4.69) is 10.1 Å². The Labute approximate surface area is 171 Å². The molecule has 0 saturated carbocycles. The van der Waals surface area contributed by atoms with E-state index >= 15 is 0 Å². The van der Waals surface area contributed by atoms with E-state index in [1.165, 1.54) is 11.4 Å². The van der Waals surface area contributed by atoms with Crippen LogP contribution in [0, 0.1) is 13.8 Å². The van der Waals surface area contributed by atoms with Crippen LogP contribution >= 0.6 is 0 Å². The molecule has 1 N–H and O–H groups in total. The van der Waals surface area contributed by atoms with Gasteiger partial charge in [0, 0.05) is 18.7 Å². The molecule has 2 aromatic rings. The van der Waals surface area contributed by atoms with E-state index in [0.717, 1.165) is 17.4 Å². The Kier molecular flexibility index (Phi) is 7.39. The summed E-state index contributed by atoms with van der Waals surface area (Å²) in [6.07, 6.45) is 1.69. The van der Waals surface area contributed by atoms with Crippen LogP contribution in [0.1, 0.15) is 34.3 Å². The number of esters is 1. The van der Waals surface area contributed by atoms with Gasteiger partial charge in [-0.2, -0.15) is 0 Å². The Morgan fingerprint density at radius 3 is 2.14 bits per heavy atom. The summed E-state index contributed by atoms with van der Waals surface area (Å²) < 4.78 is 30.4. The van der Waals surface area contributed by atoms with Crippen molar-refractivity contribution in [2.24, 2.45) is 0 Å². The van der Waals surface area contributed by atoms with Crippen LogP contribution in [0.15, 0.2) is 42.5 Å². The maximum atomic E-state index is 12.2. The Bertz CT molecular complexity index is 964. The molecule has 0 saturated heterocycles. The van der Waals surface area contributed by atoms with Crippen LogP contribution < -0.4 is 9.62 Å². The van der Waals surface area contributed by atoms with Gasteiger partial charge in [0.2, 0.25) is 15.9 Å². The van der Waals surface area contributed by atoms with E-state index in [0.29, 0.717) is 23.4 Å². The molecule has 0 heterocycles. The molecule has 156 valence electrons. The third-order valence-electron chi connectivity index (χ3n) is 4.25. The predicted octanol–water partition coefficient (Wildman–Crippen LogP) is 3.27. The molecule has 0 aliphatic carbocycles. The van der Waals surface area contributed by atoms with Crippen LogP contribution in [-0.2, 0) is 19.6 Å². The van der Waals surface area contributed by atoms with Gasteiger partial charge in [-0.25, -0.2) is 13.2 Å². The fourth-order valence-electron chi connectivity index (χ4n) is 3.00. The normalized spacial score (nSPS) is 11.0. The van der Waals surface area contributed by atoms with E-state index in [1.54, 1.807) is 24.3 Å². The van der Waals surface area contributed by atoms with Gasteiger partial charge in [-0.15, -0.1) is 0 Å². The lowest BCUT2D eigenvalue weighted by Crippen LogP contribution is -2.31. The number of rotatable bonds is 8. The summed E-state index contributed by atoms with van der Waals surface area (Å²) in [5, 5.41) is 2.74. The van der Waals surface area contributed by atoms with Crippen molar-refractivity contribution in [3.8, 4) is 0 Å². The lowest BCUT2D eigenvalue weighted by atomic mass is 10.1. The van der Waals surface area contributed by atoms with Crippen LogP contribution in [-0.4, -0.2) is 40.2 Å². The molecule has 0 fully saturated rings. The number of hydrogen-bond acceptors (Lipinski definition) is 5. The molecular formula is C21H26N2O5S. The van der Waals surface area contributed by atoms with Gasteiger partial charge >= 0.3 is 5.97 Å². The summed E-state index contributed by atoms with van der Waals surface area (Å²) in [6, 6.07) is 12.0. The summed E-state index contributed by atoms with van der Waals surface area (Å²) in [6.45, 7) is 4.03. The maximum Gasteiger partial charge on any atom is 0.337 e. The number of anilines is 2. The number of aryl methyl sites for hydroxylation is 2. The van der Waals surface area contributed by atoms with Gasteiger partial charge in [0.15, 0.2) is 0 Å². The number of ether oxygens (including phenoxy) is 1. The third-order valence-corrected chi connectivity index (χ3v) is 5.44. The van der Waals surface area contributed by atoms with Crippen molar-refractivity contribution in [1.29, 1.82) is 0 Å². The molecule has 0 bridgehead atoms. The van der Waals surface area contributed by atoms with Gasteiger partial charge in [-0.3, -0.25) is 9.10 Å². The van der Waals surface area contributed by atoms with Crippen LogP contribution in [0.25, 0.3) is 0 Å². The average molecular weight is 419 g/mol. The van der Waals surface area contributed by atoms with Crippen molar-refractivity contribution in [3.05, 3.63) is 59.2 Å². The van der Waals surface area contributed by atoms with Crippen molar-refractivity contribution < 1.29 is 22.7 Å². The minimum absolute atomic E-state index is 0.162. The first-order valence-electron chi connectivity index (χ1n) is 9.14. The quantitative estimate of drug-likeness (QED) is 0.664. The standard InChI is InChI=1S/C21H26N2O5S/c1-15-12-16(2)14-19(13-15)23(29(4,26)27)11-5-6-20(24)22-18-9-7-17(8-10-18)21(25)28-3/h7-10,12-14H,5-6,11H2,1-4H3,(H,22,24). The van der Waals surface area contributed by atoms with E-state index in [-0.39, 0.29) is 18.9 Å². The highest BCUT2D eigenvalue weighted by atomic mass is 32.2. The molecule has 2 rings (SSSR count). The lowest BCUT2D eigenvalue weighted by Gasteiger charge is -2.23. The summed E-state index contributed by atoms with van der Waals surface area (Å²) in [5.41, 5.74) is 3.49. The molecule has 7 nitrogen and oxygen atoms in total. The van der Waals surface area contributed by atoms with E-state index in [1.807, 2.05) is 32.0 Å². The van der Waals surface area contributed by atoms with Crippen LogP contribution in [0.3, 0.4) is 0 Å². The largest absolute Gasteiger partial charge is 0.465 e. The number of methoxy groups -OCH3 is 1. The summed E-state index contributed by atoms with van der Waals surface area (Å²) in [4.78, 5) is 23.6. The second-order valence-electron chi connectivity index (χ2n) is 6.90. The van der Waals surface area contributed by atoms with E-state index < -0.39 is 16.0 Å². The molecule has 8 heteroatoms. The van der Waals surface area contributed by atoms with Crippen molar-refractivity contribution >= 4 is 33.3 Å². The highest BCUT2D eigenvalue weighted by Crippen LogP contribution is 2.22. The van der Waals surface area contributed by atoms with Gasteiger partial charge in [0.1, 0.15) is 0 Å². The SMILES string of the molecule is COC(=O)c1ccc(NC(=O)CCCN(c2cc(C)cc(C)c2)S(C)(=O)=O)cc1. The molecular weight excluding hydrogens is 392 g/mol. The molecule has 0 unspecified atom stereocenters. The summed E-state index contributed by atoms with van der Waals surface area (Å²) in [7, 11) is -2.16. The third kappa shape index (κ3) is 6.60. The monoisotopic (exact) mass is 418 g/mol. The summed E-state index contributed by atoms with van der Waals surface area (Å²) in [5.74, 6) is -0.681. The summed E-state index contributed by atoms with van der Waals surface area (Å²) >= 11 is 0. The zero-order valence-electron chi connectivity index (χ0n) is 17.1. The highest BCUT2D eigenvalue weighted by Gasteiger charge is 2.18. The van der Waals surface area contributed by atoms with Gasteiger partial charge in [-0.05, 0) is 67.8 Å². The number of carbonyl (C=O) groups is 2. The zero-order chi connectivity index (χ0) is 21.6. The predicted molar refractivity (Wildman–Crippen MR) is 114 cm³/mol. The maximum absolute atomic E-state index is 12.2. The molecule has 0 spiro atoms. The Hall–Kier alpha value is -2.87. The molecule has 1 amide bonds. The van der Waals surface area contributed by atoms with Crippen molar-refractivity contribution in [1.82, 2.24) is 0 Å². The topological polar surface area (TPSA) is 92.8 Å². The van der Waals surface area contributed by atoms with E-state index in [4.69, 9.17) is 0 Å². The zero-order valence-corrected chi connectivity index (χ0v) is 17.9. The fraction of sp³-hybridized carbons (Fsp3) is 0.333. The molecule has 0 atom stereocenters. The van der Waals surface area contributed by atoms with Crippen molar-refractivity contribution in [2.45, 2.75) is 26.7 Å². The number of sulfonamides is 1. The van der Waals surface area contributed by atoms with Gasteiger partial charge in [0.05, 0.1) is 24.6 Å². The average Bonchev–Trinajstić information content (AvgIpc) is 2.63. The highest BCUT2D eigenvalue weighted by molar-refractivity contribution is 7.92. The molecule has 0 aliphatic rings. The minimum Gasteiger partial charge on any atom is -0.465 e. The molecule has 2 aromatic carbocycles. The Morgan fingerprint density at radius 2 is 1.62 bits per heavy atom. The van der Waals surface area contributed by atoms with Crippen molar-refractivity contribution in [3.63, 3.8) is 0 Å². The smallest absolute Gasteiger partial charge is 0.337 e. The second kappa shape index (κ2) is 9.56. The lowest BCUT2D eigenvalue weighted by molar-refractivity contribution is -0.116. The Balaban J connectivity index is 1.97. The fourth-order valence-corrected chi connectivity index (χ4v) is 3.94. The van der Waals surface area contributed by atoms with Crippen molar-refractivity contribution in [2.75, 3.05) is 29.5 Å². The molecule has 0 radical (unpaired) electrons. The van der Waals surface area contributed by atoms with Gasteiger partial charge in [0.25, 0.3) is 0 Å². The molecule has 0 aliphatic heterocycles. The number of nitrogens with one attached hydrogen (secondary N) is 1. The van der Waals surface area contributed by atoms with E-state index in [9.17, 15) is 18.0 Å². The van der Waals surface area contributed by atoms with Crippen LogP contribution in [0.5, 0.6) is 0 Å². The van der Waals surface area contributed by atoms with Gasteiger partial charge < -0.3 is 10.1 Å². The van der Waals surface area contributed by atoms with Gasteiger partial charge in [-0.1, -0.05) is 6.07 Å². The number of hydrogen-bond donors (Lipinski definition) is 1.